The van der Waals surface area contributed by atoms with Crippen LogP contribution in [0.3, 0.4) is 0 Å². The number of carboxylic acids is 2. The average Bonchev–Trinajstić information content (AvgIpc) is 3.62. The molecule has 0 amide bonds. The number of nitrogens with zero attached hydrogens (tertiary/aromatic N) is 9. The number of azo groups is 3. The first-order valence-electron chi connectivity index (χ1n) is 18.7. The van der Waals surface area contributed by atoms with Crippen molar-refractivity contribution in [2.24, 2.45) is 30.7 Å². The number of aliphatic hydroxyl groups excluding tert-OH is 2. The maximum Gasteiger partial charge on any atom is 0.358 e. The number of rotatable bonds is 19. The molecule has 0 aliphatic heterocycles. The molecule has 9 N–H and O–H groups in total. The highest BCUT2D eigenvalue weighted by Gasteiger charge is 2.27. The van der Waals surface area contributed by atoms with Crippen LogP contribution in [-0.2, 0) is 30.4 Å². The minimum atomic E-state index is -5.33. The summed E-state index contributed by atoms with van der Waals surface area (Å²) in [5.41, 5.74) is -6.30. The van der Waals surface area contributed by atoms with Crippen molar-refractivity contribution in [2.45, 2.75) is 14.7 Å². The predicted molar refractivity (Wildman–Crippen MR) is 231 cm³/mol. The molecule has 0 fully saturated rings. The van der Waals surface area contributed by atoms with Gasteiger partial charge in [-0.15, -0.1) is 30.7 Å². The molecule has 0 unspecified atom stereocenters. The largest absolute Gasteiger partial charge is 0.505 e. The minimum absolute atomic E-state index is 0.209. The van der Waals surface area contributed by atoms with Crippen LogP contribution in [0.15, 0.2) is 118 Å². The van der Waals surface area contributed by atoms with Gasteiger partial charge in [0.2, 0.25) is 11.6 Å². The number of aliphatic hydroxyl groups is 2. The van der Waals surface area contributed by atoms with Crippen molar-refractivity contribution >= 4 is 92.9 Å². The number of aromatic hydroxyl groups is 2. The zero-order valence-electron chi connectivity index (χ0n) is 34.4. The third kappa shape index (κ3) is 11.1. The van der Waals surface area contributed by atoms with E-state index >= 15 is 0 Å². The standard InChI is InChI=1S/C37H29N9O21S3/c47-7-9-66-27-16-26(28(67-10-8-48)15-25(27)40-39-24-5-2-19(46(55)56)13-29(24)69(60,61)62)41-42-31-30(70(63,64)65)12-17-11-18(1-4-21(17)34(31)49)45-35(50)32(33(44-45)37(53)54)43-38-23-6-3-20(68(57,58)59)14-22(23)36(51)52/h1-6,11-16,47-50H,7-10H2,(H,51,52)(H,53,54)(H,57,58,59)(H,60,61,62)(H,63,64,65). The summed E-state index contributed by atoms with van der Waals surface area (Å²) in [6, 6.07) is 10.5. The van der Waals surface area contributed by atoms with Crippen molar-refractivity contribution in [3.8, 4) is 28.8 Å². The highest BCUT2D eigenvalue weighted by Crippen LogP contribution is 2.46. The molecule has 33 heteroatoms. The molecule has 6 rings (SSSR count). The summed E-state index contributed by atoms with van der Waals surface area (Å²) < 4.78 is 114. The second kappa shape index (κ2) is 20.0. The molecule has 1 aromatic heterocycles. The Labute approximate surface area is 389 Å². The van der Waals surface area contributed by atoms with Crippen molar-refractivity contribution in [3.63, 3.8) is 0 Å². The van der Waals surface area contributed by atoms with E-state index < -0.39 is 140 Å². The molecule has 0 saturated heterocycles. The van der Waals surface area contributed by atoms with Crippen LogP contribution >= 0.6 is 0 Å². The number of nitro groups is 1. The topological polar surface area (TPSA) is 472 Å². The quantitative estimate of drug-likeness (QED) is 0.0210. The number of aromatic carboxylic acids is 2. The highest BCUT2D eigenvalue weighted by molar-refractivity contribution is 7.86. The monoisotopic (exact) mass is 1030 g/mol. The maximum absolute atomic E-state index is 12.8. The van der Waals surface area contributed by atoms with Crippen LogP contribution in [0, 0.1) is 10.1 Å². The molecule has 30 nitrogen and oxygen atoms in total. The predicted octanol–water partition coefficient (Wildman–Crippen LogP) is 5.47. The van der Waals surface area contributed by atoms with Crippen LogP contribution in [0.4, 0.5) is 39.8 Å². The van der Waals surface area contributed by atoms with Crippen LogP contribution in [0.2, 0.25) is 0 Å². The Balaban J connectivity index is 1.44. The highest BCUT2D eigenvalue weighted by atomic mass is 32.2. The molecular weight excluding hydrogens is 1000 g/mol. The molecule has 1 heterocycles. The van der Waals surface area contributed by atoms with Crippen molar-refractivity contribution in [1.82, 2.24) is 9.78 Å². The first kappa shape index (κ1) is 51.0. The van der Waals surface area contributed by atoms with Crippen LogP contribution in [-0.4, -0.2) is 123 Å². The van der Waals surface area contributed by atoms with Gasteiger partial charge in [0.1, 0.15) is 62.9 Å². The molecule has 6 aromatic rings. The molecule has 0 saturated carbocycles. The Morgan fingerprint density at radius 1 is 0.643 bits per heavy atom. The van der Waals surface area contributed by atoms with Crippen LogP contribution in [0.25, 0.3) is 16.5 Å². The van der Waals surface area contributed by atoms with Gasteiger partial charge in [-0.25, -0.2) is 9.59 Å². The summed E-state index contributed by atoms with van der Waals surface area (Å²) in [5, 5.41) is 98.1. The van der Waals surface area contributed by atoms with Gasteiger partial charge in [0.15, 0.2) is 11.4 Å². The zero-order chi connectivity index (χ0) is 51.5. The smallest absolute Gasteiger partial charge is 0.358 e. The fourth-order valence-corrected chi connectivity index (χ4v) is 7.78. The van der Waals surface area contributed by atoms with Crippen LogP contribution in [0.1, 0.15) is 20.8 Å². The van der Waals surface area contributed by atoms with E-state index in [4.69, 9.17) is 9.47 Å². The molecule has 0 spiro atoms. The number of carbonyl (C=O) groups is 2. The second-order valence-electron chi connectivity index (χ2n) is 13.6. The molecular formula is C37H29N9O21S3. The van der Waals surface area contributed by atoms with Crippen molar-refractivity contribution in [1.29, 1.82) is 0 Å². The molecule has 70 heavy (non-hydrogen) atoms. The number of fused-ring (bicyclic) bond motifs is 1. The van der Waals surface area contributed by atoms with Gasteiger partial charge < -0.3 is 40.1 Å². The number of hydrogen-bond donors (Lipinski definition) is 9. The van der Waals surface area contributed by atoms with Gasteiger partial charge in [0.25, 0.3) is 36.0 Å². The molecule has 0 radical (unpaired) electrons. The van der Waals surface area contributed by atoms with E-state index in [1.54, 1.807) is 0 Å². The van der Waals surface area contributed by atoms with Gasteiger partial charge in [0, 0.05) is 29.7 Å². The van der Waals surface area contributed by atoms with E-state index in [1.165, 1.54) is 0 Å². The van der Waals surface area contributed by atoms with Gasteiger partial charge in [-0.2, -0.15) is 35.0 Å². The number of aromatic nitrogens is 2. The Bertz CT molecular complexity index is 3580. The average molecular weight is 1030 g/mol. The van der Waals surface area contributed by atoms with Gasteiger partial charge >= 0.3 is 11.9 Å². The van der Waals surface area contributed by atoms with E-state index in [0.29, 0.717) is 16.8 Å². The summed E-state index contributed by atoms with van der Waals surface area (Å²) in [6.45, 7) is -2.04. The van der Waals surface area contributed by atoms with Gasteiger partial charge in [-0.05, 0) is 53.9 Å². The normalized spacial score (nSPS) is 12.4. The maximum atomic E-state index is 12.8. The van der Waals surface area contributed by atoms with Gasteiger partial charge in [0.05, 0.1) is 34.3 Å². The van der Waals surface area contributed by atoms with E-state index in [0.717, 1.165) is 60.7 Å². The first-order chi connectivity index (χ1) is 32.8. The number of non-ortho nitro benzene ring substituents is 1. The molecule has 5 aromatic carbocycles. The summed E-state index contributed by atoms with van der Waals surface area (Å²) >= 11 is 0. The summed E-state index contributed by atoms with van der Waals surface area (Å²) in [7, 11) is -15.3. The Hall–Kier alpha value is -8.44. The third-order valence-corrected chi connectivity index (χ3v) is 11.6. The van der Waals surface area contributed by atoms with E-state index in [2.05, 4.69) is 35.8 Å². The SMILES string of the molecule is O=C(O)c1cc(S(=O)(=O)O)ccc1N=Nc1c(C(=O)O)nn(-c2ccc3c(O)c(N=Nc4cc(OCCO)c(N=Nc5ccc([N+](=O)[O-])cc5S(=O)(=O)O)cc4OCCO)c(S(=O)(=O)O)cc3c2)c1O. The number of phenolic OH excluding ortho intramolecular Hbond substituents is 1. The van der Waals surface area contributed by atoms with E-state index in [-0.39, 0.29) is 39.3 Å². The molecule has 0 atom stereocenters. The lowest BCUT2D eigenvalue weighted by Gasteiger charge is -2.13. The number of phenols is 1. The fourth-order valence-electron chi connectivity index (χ4n) is 5.97. The summed E-state index contributed by atoms with van der Waals surface area (Å²) in [6.07, 6.45) is 0. The first-order valence-corrected chi connectivity index (χ1v) is 23.0. The number of hydrogen-bond acceptors (Lipinski definition) is 23. The Morgan fingerprint density at radius 2 is 1.20 bits per heavy atom. The van der Waals surface area contributed by atoms with E-state index in [1.807, 2.05) is 0 Å². The lowest BCUT2D eigenvalue weighted by atomic mass is 10.1. The third-order valence-electron chi connectivity index (χ3n) is 9.04. The molecule has 0 aliphatic carbocycles. The summed E-state index contributed by atoms with van der Waals surface area (Å²) in [4.78, 5) is 31.4. The molecule has 0 bridgehead atoms. The van der Waals surface area contributed by atoms with Crippen molar-refractivity contribution in [2.75, 3.05) is 26.4 Å². The van der Waals surface area contributed by atoms with Crippen molar-refractivity contribution < 1.29 is 93.5 Å². The number of ether oxygens (including phenoxy) is 2. The van der Waals surface area contributed by atoms with E-state index in [9.17, 15) is 89.3 Å². The number of nitro benzene ring substituents is 1. The number of benzene rings is 5. The van der Waals surface area contributed by atoms with Crippen molar-refractivity contribution in [3.05, 3.63) is 94.2 Å². The lowest BCUT2D eigenvalue weighted by molar-refractivity contribution is -0.385. The van der Waals surface area contributed by atoms with Gasteiger partial charge in [-0.1, -0.05) is 0 Å². The Kier molecular flexibility index (Phi) is 14.6. The fraction of sp³-hybridized carbons (Fsp3) is 0.108. The summed E-state index contributed by atoms with van der Waals surface area (Å²) in [5.74, 6) is -6.15. The molecule has 366 valence electrons. The van der Waals surface area contributed by atoms with Crippen LogP contribution < -0.4 is 9.47 Å². The Morgan fingerprint density at radius 3 is 1.74 bits per heavy atom. The minimum Gasteiger partial charge on any atom is -0.505 e. The van der Waals surface area contributed by atoms with Crippen LogP contribution in [0.5, 0.6) is 23.1 Å². The molecule has 0 aliphatic rings. The zero-order valence-corrected chi connectivity index (χ0v) is 36.9. The number of carboxylic acid groups (broad SMARTS) is 2. The lowest BCUT2D eigenvalue weighted by Crippen LogP contribution is -2.04. The van der Waals surface area contributed by atoms with Gasteiger partial charge in [-0.3, -0.25) is 23.8 Å². The second-order valence-corrected chi connectivity index (χ2v) is 17.8.